The Hall–Kier alpha value is -2.96. The van der Waals surface area contributed by atoms with Gasteiger partial charge in [-0.05, 0) is 49.0 Å². The molecule has 1 saturated heterocycles. The van der Waals surface area contributed by atoms with Crippen molar-refractivity contribution in [2.45, 2.75) is 51.7 Å². The van der Waals surface area contributed by atoms with E-state index in [0.29, 0.717) is 23.1 Å². The molecule has 0 spiro atoms. The Labute approximate surface area is 189 Å². The van der Waals surface area contributed by atoms with Gasteiger partial charge < -0.3 is 14.9 Å². The summed E-state index contributed by atoms with van der Waals surface area (Å²) in [5, 5.41) is 16.4. The van der Waals surface area contributed by atoms with Crippen LogP contribution >= 0.6 is 0 Å². The van der Waals surface area contributed by atoms with Crippen molar-refractivity contribution >= 4 is 11.6 Å². The number of para-hydroxylation sites is 1. The van der Waals surface area contributed by atoms with Crippen molar-refractivity contribution in [3.63, 3.8) is 0 Å². The number of likely N-dealkylation sites (tertiary alicyclic amines) is 1. The maximum Gasteiger partial charge on any atom is 0.294 e. The first kappa shape index (κ1) is 22.2. The molecular formula is C26H31N3O3. The van der Waals surface area contributed by atoms with Crippen LogP contribution in [0.1, 0.15) is 71.5 Å². The van der Waals surface area contributed by atoms with Gasteiger partial charge in [0, 0.05) is 29.8 Å². The minimum Gasteiger partial charge on any atom is -0.392 e. The number of hydrogen-bond acceptors (Lipinski definition) is 5. The zero-order chi connectivity index (χ0) is 22.5. The van der Waals surface area contributed by atoms with Gasteiger partial charge in [0.2, 0.25) is 5.76 Å². The average Bonchev–Trinajstić information content (AvgIpc) is 3.31. The molecule has 0 aliphatic carbocycles. The molecule has 3 aromatic rings. The fourth-order valence-electron chi connectivity index (χ4n) is 4.21. The van der Waals surface area contributed by atoms with E-state index in [1.54, 1.807) is 18.2 Å². The predicted octanol–water partition coefficient (Wildman–Crippen LogP) is 4.92. The van der Waals surface area contributed by atoms with Gasteiger partial charge in [-0.15, -0.1) is 0 Å². The lowest BCUT2D eigenvalue weighted by atomic mass is 9.93. The number of aliphatic hydroxyl groups is 1. The van der Waals surface area contributed by atoms with E-state index in [-0.39, 0.29) is 18.3 Å². The summed E-state index contributed by atoms with van der Waals surface area (Å²) in [7, 11) is 0. The number of hydrogen-bond donors (Lipinski definition) is 2. The van der Waals surface area contributed by atoms with E-state index in [0.717, 1.165) is 38.2 Å². The molecule has 1 fully saturated rings. The van der Waals surface area contributed by atoms with E-state index in [9.17, 15) is 9.90 Å². The Balaban J connectivity index is 1.31. The Kier molecular flexibility index (Phi) is 7.02. The van der Waals surface area contributed by atoms with Gasteiger partial charge in [0.05, 0.1) is 12.3 Å². The smallest absolute Gasteiger partial charge is 0.294 e. The highest BCUT2D eigenvalue weighted by molar-refractivity contribution is 6.02. The highest BCUT2D eigenvalue weighted by Crippen LogP contribution is 2.29. The van der Waals surface area contributed by atoms with Crippen molar-refractivity contribution in [3.05, 3.63) is 82.7 Å². The van der Waals surface area contributed by atoms with Crippen LogP contribution in [0.3, 0.4) is 0 Å². The number of rotatable bonds is 7. The molecule has 0 bridgehead atoms. The Morgan fingerprint density at radius 3 is 2.56 bits per heavy atom. The van der Waals surface area contributed by atoms with Gasteiger partial charge in [-0.3, -0.25) is 9.69 Å². The fourth-order valence-corrected chi connectivity index (χ4v) is 4.21. The molecule has 6 heteroatoms. The summed E-state index contributed by atoms with van der Waals surface area (Å²) in [6.45, 7) is 7.24. The predicted molar refractivity (Wildman–Crippen MR) is 125 cm³/mol. The topological polar surface area (TPSA) is 78.6 Å². The SMILES string of the molecule is CC(C)c1ccc(CN2CCC(c3cc(C(=O)Nc4ccccc4CO)on3)CC2)cc1. The summed E-state index contributed by atoms with van der Waals surface area (Å²) in [5.74, 6) is 0.690. The van der Waals surface area contributed by atoms with E-state index in [1.807, 2.05) is 12.1 Å². The number of benzene rings is 2. The van der Waals surface area contributed by atoms with E-state index in [4.69, 9.17) is 4.52 Å². The first-order valence-electron chi connectivity index (χ1n) is 11.3. The van der Waals surface area contributed by atoms with Crippen molar-refractivity contribution in [1.82, 2.24) is 10.1 Å². The molecule has 1 amide bonds. The van der Waals surface area contributed by atoms with Crippen LogP contribution in [-0.2, 0) is 13.2 Å². The second-order valence-corrected chi connectivity index (χ2v) is 8.83. The molecule has 32 heavy (non-hydrogen) atoms. The second-order valence-electron chi connectivity index (χ2n) is 8.83. The van der Waals surface area contributed by atoms with Crippen molar-refractivity contribution in [2.75, 3.05) is 18.4 Å². The van der Waals surface area contributed by atoms with Gasteiger partial charge in [-0.25, -0.2) is 0 Å². The number of nitrogens with zero attached hydrogens (tertiary/aromatic N) is 2. The van der Waals surface area contributed by atoms with E-state index < -0.39 is 0 Å². The van der Waals surface area contributed by atoms with E-state index in [2.05, 4.69) is 53.5 Å². The third kappa shape index (κ3) is 5.26. The van der Waals surface area contributed by atoms with Crippen LogP contribution in [0.5, 0.6) is 0 Å². The first-order chi connectivity index (χ1) is 15.5. The van der Waals surface area contributed by atoms with Crippen LogP contribution in [0.25, 0.3) is 0 Å². The Morgan fingerprint density at radius 1 is 1.16 bits per heavy atom. The van der Waals surface area contributed by atoms with Gasteiger partial charge >= 0.3 is 0 Å². The van der Waals surface area contributed by atoms with Crippen molar-refractivity contribution in [2.24, 2.45) is 0 Å². The molecule has 2 N–H and O–H groups in total. The zero-order valence-electron chi connectivity index (χ0n) is 18.8. The maximum absolute atomic E-state index is 12.6. The minimum atomic E-state index is -0.355. The second kappa shape index (κ2) is 10.1. The summed E-state index contributed by atoms with van der Waals surface area (Å²) in [5.41, 5.74) is 4.79. The molecular weight excluding hydrogens is 402 g/mol. The normalized spacial score (nSPS) is 15.2. The van der Waals surface area contributed by atoms with Crippen LogP contribution in [-0.4, -0.2) is 34.2 Å². The van der Waals surface area contributed by atoms with Gasteiger partial charge in [0.1, 0.15) is 0 Å². The number of aromatic nitrogens is 1. The lowest BCUT2D eigenvalue weighted by molar-refractivity contribution is 0.0987. The number of piperidine rings is 1. The minimum absolute atomic E-state index is 0.140. The molecule has 2 aromatic carbocycles. The fraction of sp³-hybridized carbons (Fsp3) is 0.385. The quantitative estimate of drug-likeness (QED) is 0.553. The molecule has 4 rings (SSSR count). The van der Waals surface area contributed by atoms with E-state index >= 15 is 0 Å². The summed E-state index contributed by atoms with van der Waals surface area (Å²) < 4.78 is 5.34. The van der Waals surface area contributed by atoms with Gasteiger partial charge in [-0.2, -0.15) is 0 Å². The molecule has 1 aliphatic heterocycles. The van der Waals surface area contributed by atoms with Gasteiger partial charge in [0.15, 0.2) is 0 Å². The molecule has 2 heterocycles. The largest absolute Gasteiger partial charge is 0.392 e. The van der Waals surface area contributed by atoms with Crippen molar-refractivity contribution in [3.8, 4) is 0 Å². The number of aliphatic hydroxyl groups excluding tert-OH is 1. The van der Waals surface area contributed by atoms with Crippen LogP contribution < -0.4 is 5.32 Å². The highest BCUT2D eigenvalue weighted by atomic mass is 16.5. The number of anilines is 1. The zero-order valence-corrected chi connectivity index (χ0v) is 18.8. The molecule has 6 nitrogen and oxygen atoms in total. The molecule has 0 radical (unpaired) electrons. The Morgan fingerprint density at radius 2 is 1.88 bits per heavy atom. The molecule has 0 saturated carbocycles. The molecule has 1 aliphatic rings. The highest BCUT2D eigenvalue weighted by Gasteiger charge is 2.25. The van der Waals surface area contributed by atoms with Crippen LogP contribution in [0.4, 0.5) is 5.69 Å². The Bertz CT molecular complexity index is 1030. The summed E-state index contributed by atoms with van der Waals surface area (Å²) in [4.78, 5) is 15.0. The molecule has 0 unspecified atom stereocenters. The number of carbonyl (C=O) groups excluding carboxylic acids is 1. The third-order valence-corrected chi connectivity index (χ3v) is 6.25. The van der Waals surface area contributed by atoms with Crippen molar-refractivity contribution < 1.29 is 14.4 Å². The standard InChI is InChI=1S/C26H31N3O3/c1-18(2)20-9-7-19(8-10-20)16-29-13-11-21(12-14-29)24-15-25(32-28-24)26(31)27-23-6-4-3-5-22(23)17-30/h3-10,15,18,21,30H,11-14,16-17H2,1-2H3,(H,27,31). The summed E-state index contributed by atoms with van der Waals surface area (Å²) in [6.07, 6.45) is 1.98. The summed E-state index contributed by atoms with van der Waals surface area (Å²) in [6, 6.07) is 17.8. The number of nitrogens with one attached hydrogen (secondary N) is 1. The van der Waals surface area contributed by atoms with E-state index in [1.165, 1.54) is 11.1 Å². The monoisotopic (exact) mass is 433 g/mol. The molecule has 0 atom stereocenters. The number of carbonyl (C=O) groups is 1. The maximum atomic E-state index is 12.6. The summed E-state index contributed by atoms with van der Waals surface area (Å²) >= 11 is 0. The molecule has 168 valence electrons. The third-order valence-electron chi connectivity index (χ3n) is 6.25. The average molecular weight is 434 g/mol. The van der Waals surface area contributed by atoms with Gasteiger partial charge in [0.25, 0.3) is 5.91 Å². The van der Waals surface area contributed by atoms with Crippen LogP contribution in [0.2, 0.25) is 0 Å². The van der Waals surface area contributed by atoms with Crippen LogP contribution in [0.15, 0.2) is 59.1 Å². The first-order valence-corrected chi connectivity index (χ1v) is 11.3. The number of amides is 1. The lowest BCUT2D eigenvalue weighted by Crippen LogP contribution is -2.32. The lowest BCUT2D eigenvalue weighted by Gasteiger charge is -2.31. The van der Waals surface area contributed by atoms with Crippen molar-refractivity contribution in [1.29, 1.82) is 0 Å². The molecule has 1 aromatic heterocycles. The van der Waals surface area contributed by atoms with Crippen LogP contribution in [0, 0.1) is 0 Å². The van der Waals surface area contributed by atoms with Gasteiger partial charge in [-0.1, -0.05) is 61.5 Å².